The molecule has 0 radical (unpaired) electrons. The highest BCUT2D eigenvalue weighted by Crippen LogP contribution is 2.30. The lowest BCUT2D eigenvalue weighted by Gasteiger charge is -2.08. The average Bonchev–Trinajstić information content (AvgIpc) is 3.06. The smallest absolute Gasteiger partial charge is 0.348 e. The van der Waals surface area contributed by atoms with Gasteiger partial charge in [-0.25, -0.2) is 4.79 Å². The predicted molar refractivity (Wildman–Crippen MR) is 97.5 cm³/mol. The van der Waals surface area contributed by atoms with Crippen LogP contribution >= 0.6 is 11.3 Å². The second-order valence-corrected chi connectivity index (χ2v) is 6.98. The molecule has 0 saturated carbocycles. The van der Waals surface area contributed by atoms with E-state index < -0.39 is 5.97 Å². The maximum absolute atomic E-state index is 12.1. The van der Waals surface area contributed by atoms with Gasteiger partial charge in [0.25, 0.3) is 5.91 Å². The molecule has 1 aromatic heterocycles. The maximum Gasteiger partial charge on any atom is 0.348 e. The number of ether oxygens (including phenoxy) is 2. The Morgan fingerprint density at radius 3 is 2.64 bits per heavy atom. The minimum atomic E-state index is -0.429. The van der Waals surface area contributed by atoms with E-state index in [1.54, 1.807) is 24.3 Å². The Morgan fingerprint density at radius 2 is 1.92 bits per heavy atom. The molecule has 0 atom stereocenters. The van der Waals surface area contributed by atoms with Gasteiger partial charge in [-0.3, -0.25) is 4.79 Å². The van der Waals surface area contributed by atoms with Gasteiger partial charge in [-0.05, 0) is 68.5 Å². The first-order valence-corrected chi connectivity index (χ1v) is 9.29. The summed E-state index contributed by atoms with van der Waals surface area (Å²) in [7, 11) is 0. The van der Waals surface area contributed by atoms with Crippen LogP contribution < -0.4 is 10.1 Å². The van der Waals surface area contributed by atoms with Crippen molar-refractivity contribution in [2.75, 3.05) is 18.5 Å². The number of fused-ring (bicyclic) bond motifs is 1. The van der Waals surface area contributed by atoms with Gasteiger partial charge in [-0.15, -0.1) is 11.3 Å². The quantitative estimate of drug-likeness (QED) is 0.797. The van der Waals surface area contributed by atoms with Crippen LogP contribution in [-0.2, 0) is 22.4 Å². The largest absolute Gasteiger partial charge is 0.494 e. The Balaban J connectivity index is 1.49. The number of anilines is 1. The number of nitrogens with one attached hydrogen (secondary N) is 1. The fourth-order valence-electron chi connectivity index (χ4n) is 2.79. The molecule has 1 aliphatic rings. The van der Waals surface area contributed by atoms with Gasteiger partial charge < -0.3 is 14.8 Å². The zero-order valence-electron chi connectivity index (χ0n) is 14.2. The van der Waals surface area contributed by atoms with E-state index in [1.165, 1.54) is 34.6 Å². The topological polar surface area (TPSA) is 64.6 Å². The van der Waals surface area contributed by atoms with Crippen molar-refractivity contribution in [3.8, 4) is 5.75 Å². The van der Waals surface area contributed by atoms with Crippen molar-refractivity contribution >= 4 is 28.9 Å². The summed E-state index contributed by atoms with van der Waals surface area (Å²) in [6.07, 6.45) is 4.40. The number of thiophene rings is 1. The predicted octanol–water partition coefficient (Wildman–Crippen LogP) is 3.82. The molecule has 0 spiro atoms. The van der Waals surface area contributed by atoms with Crippen LogP contribution in [0.15, 0.2) is 30.3 Å². The van der Waals surface area contributed by atoms with Gasteiger partial charge in [0.05, 0.1) is 6.61 Å². The molecule has 3 rings (SSSR count). The van der Waals surface area contributed by atoms with Crippen LogP contribution in [0.5, 0.6) is 5.75 Å². The first kappa shape index (κ1) is 17.5. The number of benzene rings is 1. The first-order chi connectivity index (χ1) is 12.2. The lowest BCUT2D eigenvalue weighted by atomic mass is 9.99. The number of esters is 1. The first-order valence-electron chi connectivity index (χ1n) is 8.47. The highest BCUT2D eigenvalue weighted by molar-refractivity contribution is 7.14. The van der Waals surface area contributed by atoms with Crippen LogP contribution in [0.4, 0.5) is 5.69 Å². The van der Waals surface area contributed by atoms with Crippen molar-refractivity contribution < 1.29 is 19.1 Å². The van der Waals surface area contributed by atoms with E-state index in [4.69, 9.17) is 9.47 Å². The van der Waals surface area contributed by atoms with Crippen LogP contribution in [0.2, 0.25) is 0 Å². The van der Waals surface area contributed by atoms with Crippen LogP contribution in [-0.4, -0.2) is 25.1 Å². The Morgan fingerprint density at radius 1 is 1.16 bits per heavy atom. The van der Waals surface area contributed by atoms with E-state index in [2.05, 4.69) is 5.32 Å². The molecule has 2 aromatic rings. The van der Waals surface area contributed by atoms with Crippen LogP contribution in [0, 0.1) is 0 Å². The molecule has 0 bridgehead atoms. The molecule has 1 aromatic carbocycles. The van der Waals surface area contributed by atoms with Gasteiger partial charge in [0, 0.05) is 10.6 Å². The summed E-state index contributed by atoms with van der Waals surface area (Å²) in [5.41, 5.74) is 1.89. The van der Waals surface area contributed by atoms with E-state index in [0.717, 1.165) is 18.6 Å². The summed E-state index contributed by atoms with van der Waals surface area (Å²) in [5.74, 6) is -0.0475. The Kier molecular flexibility index (Phi) is 5.71. The Bertz CT molecular complexity index is 728. The molecule has 0 unspecified atom stereocenters. The lowest BCUT2D eigenvalue weighted by molar-refractivity contribution is -0.119. The van der Waals surface area contributed by atoms with Gasteiger partial charge in [-0.1, -0.05) is 0 Å². The fourth-order valence-corrected chi connectivity index (χ4v) is 3.94. The molecular weight excluding hydrogens is 338 g/mol. The van der Waals surface area contributed by atoms with Gasteiger partial charge in [0.2, 0.25) is 0 Å². The summed E-state index contributed by atoms with van der Waals surface area (Å²) in [6.45, 7) is 2.20. The lowest BCUT2D eigenvalue weighted by Crippen LogP contribution is -2.20. The van der Waals surface area contributed by atoms with Crippen molar-refractivity contribution in [2.45, 2.75) is 32.6 Å². The van der Waals surface area contributed by atoms with Gasteiger partial charge in [-0.2, -0.15) is 0 Å². The minimum Gasteiger partial charge on any atom is -0.494 e. The highest BCUT2D eigenvalue weighted by atomic mass is 32.1. The number of amides is 1. The molecule has 1 N–H and O–H groups in total. The van der Waals surface area contributed by atoms with Crippen LogP contribution in [0.25, 0.3) is 0 Å². The molecule has 0 saturated heterocycles. The molecule has 25 heavy (non-hydrogen) atoms. The SMILES string of the molecule is CCOc1ccc(NC(=O)COC(=O)c2cc3c(s2)CCCC3)cc1. The number of aryl methyl sites for hydroxylation is 2. The van der Waals surface area contributed by atoms with Crippen LogP contribution in [0.3, 0.4) is 0 Å². The maximum atomic E-state index is 12.1. The number of hydrogen-bond acceptors (Lipinski definition) is 5. The highest BCUT2D eigenvalue weighted by Gasteiger charge is 2.18. The third-order valence-corrected chi connectivity index (χ3v) is 5.20. The van der Waals surface area contributed by atoms with Crippen LogP contribution in [0.1, 0.15) is 39.9 Å². The third kappa shape index (κ3) is 4.60. The average molecular weight is 359 g/mol. The van der Waals surface area contributed by atoms with Gasteiger partial charge >= 0.3 is 5.97 Å². The van der Waals surface area contributed by atoms with E-state index in [1.807, 2.05) is 13.0 Å². The monoisotopic (exact) mass is 359 g/mol. The molecule has 1 amide bonds. The minimum absolute atomic E-state index is 0.297. The van der Waals surface area contributed by atoms with Gasteiger partial charge in [0.15, 0.2) is 6.61 Å². The summed E-state index contributed by atoms with van der Waals surface area (Å²) >= 11 is 1.49. The molecule has 1 aliphatic carbocycles. The molecule has 6 heteroatoms. The molecular formula is C19H21NO4S. The third-order valence-electron chi connectivity index (χ3n) is 3.98. The normalized spacial score (nSPS) is 13.0. The van der Waals surface area contributed by atoms with E-state index in [9.17, 15) is 9.59 Å². The van der Waals surface area contributed by atoms with Crippen molar-refractivity contribution in [1.82, 2.24) is 0 Å². The van der Waals surface area contributed by atoms with E-state index >= 15 is 0 Å². The summed E-state index contributed by atoms with van der Waals surface area (Å²) < 4.78 is 10.5. The van der Waals surface area contributed by atoms with E-state index in [0.29, 0.717) is 17.2 Å². The van der Waals surface area contributed by atoms with Gasteiger partial charge in [0.1, 0.15) is 10.6 Å². The molecule has 0 aliphatic heterocycles. The van der Waals surface area contributed by atoms with Crippen molar-refractivity contribution in [3.05, 3.63) is 45.6 Å². The van der Waals surface area contributed by atoms with Crippen molar-refractivity contribution in [1.29, 1.82) is 0 Å². The number of carbonyl (C=O) groups is 2. The second kappa shape index (κ2) is 8.16. The summed E-state index contributed by atoms with van der Waals surface area (Å²) in [6, 6.07) is 8.96. The zero-order chi connectivity index (χ0) is 17.6. The second-order valence-electron chi connectivity index (χ2n) is 5.85. The fraction of sp³-hybridized carbons (Fsp3) is 0.368. The molecule has 132 valence electrons. The van der Waals surface area contributed by atoms with Crippen molar-refractivity contribution in [3.63, 3.8) is 0 Å². The van der Waals surface area contributed by atoms with E-state index in [-0.39, 0.29) is 12.5 Å². The number of carbonyl (C=O) groups excluding carboxylic acids is 2. The standard InChI is InChI=1S/C19H21NO4S/c1-2-23-15-9-7-14(8-10-15)20-18(21)12-24-19(22)17-11-13-5-3-4-6-16(13)25-17/h7-11H,2-6,12H2,1H3,(H,20,21). The molecule has 1 heterocycles. The molecule has 0 fully saturated rings. The number of hydrogen-bond donors (Lipinski definition) is 1. The summed E-state index contributed by atoms with van der Waals surface area (Å²) in [5, 5.41) is 2.70. The van der Waals surface area contributed by atoms with Crippen molar-refractivity contribution in [2.24, 2.45) is 0 Å². The Labute approximate surface area is 151 Å². The zero-order valence-corrected chi connectivity index (χ0v) is 15.0. The summed E-state index contributed by atoms with van der Waals surface area (Å²) in [4.78, 5) is 25.9. The number of rotatable bonds is 6. The Hall–Kier alpha value is -2.34. The molecule has 5 nitrogen and oxygen atoms in total.